The van der Waals surface area contributed by atoms with Crippen LogP contribution in [-0.4, -0.2) is 50.4 Å². The summed E-state index contributed by atoms with van der Waals surface area (Å²) in [5.41, 5.74) is 6.97. The first-order valence-corrected chi connectivity index (χ1v) is 12.4. The number of nitrogens with two attached hydrogens (primary N) is 1. The summed E-state index contributed by atoms with van der Waals surface area (Å²) < 4.78 is 39.8. The topological polar surface area (TPSA) is 137 Å². The van der Waals surface area contributed by atoms with Crippen molar-refractivity contribution in [3.05, 3.63) is 71.7 Å². The van der Waals surface area contributed by atoms with Crippen LogP contribution in [0.3, 0.4) is 0 Å². The van der Waals surface area contributed by atoms with Gasteiger partial charge in [-0.15, -0.1) is 0 Å². The number of nitrogens with zero attached hydrogens (tertiary/aromatic N) is 5. The van der Waals surface area contributed by atoms with E-state index < -0.39 is 17.8 Å². The fraction of sp³-hybridized carbons (Fsp3) is 0.296. The molecule has 0 spiro atoms. The van der Waals surface area contributed by atoms with Crippen molar-refractivity contribution in [2.75, 3.05) is 25.0 Å². The average Bonchev–Trinajstić information content (AvgIpc) is 3.39. The third-order valence-electron chi connectivity index (χ3n) is 6.92. The van der Waals surface area contributed by atoms with Crippen molar-refractivity contribution < 1.29 is 18.0 Å². The molecule has 5 rings (SSSR count). The molecule has 1 saturated heterocycles. The van der Waals surface area contributed by atoms with Crippen LogP contribution < -0.4 is 11.1 Å². The average molecular weight is 535 g/mol. The van der Waals surface area contributed by atoms with Gasteiger partial charge in [-0.3, -0.25) is 4.79 Å². The van der Waals surface area contributed by atoms with Gasteiger partial charge in [0.1, 0.15) is 17.8 Å². The van der Waals surface area contributed by atoms with Gasteiger partial charge >= 0.3 is 6.18 Å². The van der Waals surface area contributed by atoms with Crippen LogP contribution in [0, 0.1) is 17.2 Å². The SMILES string of the molecule is N#Cc1cnc(NCC2CCN(C(=O)[C@H](N)c3ccccc3)CC2)nc1-c1c[nH]c2ncc(C(F)(F)F)cc12. The standard InChI is InChI=1S/C27H25F3N8O/c28-27(29,30)19-10-20-21(15-34-24(20)33-14-19)23-18(11-31)13-36-26(37-23)35-12-16-6-8-38(9-7-16)25(39)22(32)17-4-2-1-3-5-17/h1-5,10,13-16,22H,6-9,12,32H2,(H,33,34)(H,35,36,37)/t22-/m1/s1. The van der Waals surface area contributed by atoms with Crippen LogP contribution in [-0.2, 0) is 11.0 Å². The summed E-state index contributed by atoms with van der Waals surface area (Å²) in [4.78, 5) is 30.0. The first-order chi connectivity index (χ1) is 18.7. The number of H-pyrrole nitrogens is 1. The number of anilines is 1. The zero-order valence-electron chi connectivity index (χ0n) is 20.7. The number of hydrogen-bond donors (Lipinski definition) is 3. The highest BCUT2D eigenvalue weighted by Gasteiger charge is 2.32. The minimum absolute atomic E-state index is 0.102. The quantitative estimate of drug-likeness (QED) is 0.336. The number of fused-ring (bicyclic) bond motifs is 1. The number of amides is 1. The number of halogens is 3. The van der Waals surface area contributed by atoms with Gasteiger partial charge in [0.05, 0.1) is 23.0 Å². The van der Waals surface area contributed by atoms with E-state index in [1.165, 1.54) is 12.4 Å². The molecule has 1 aliphatic heterocycles. The molecule has 0 aliphatic carbocycles. The summed E-state index contributed by atoms with van der Waals surface area (Å²) in [7, 11) is 0. The zero-order chi connectivity index (χ0) is 27.6. The normalized spacial score (nSPS) is 15.2. The predicted octanol–water partition coefficient (Wildman–Crippen LogP) is 4.26. The second-order valence-corrected chi connectivity index (χ2v) is 9.43. The number of hydrogen-bond acceptors (Lipinski definition) is 7. The lowest BCUT2D eigenvalue weighted by Gasteiger charge is -2.33. The number of pyridine rings is 1. The molecule has 0 radical (unpaired) electrons. The molecule has 12 heteroatoms. The van der Waals surface area contributed by atoms with Crippen LogP contribution >= 0.6 is 0 Å². The zero-order valence-corrected chi connectivity index (χ0v) is 20.7. The molecule has 200 valence electrons. The first kappa shape index (κ1) is 26.1. The van der Waals surface area contributed by atoms with Crippen molar-refractivity contribution in [2.24, 2.45) is 11.7 Å². The first-order valence-electron chi connectivity index (χ1n) is 12.4. The number of nitriles is 1. The summed E-state index contributed by atoms with van der Waals surface area (Å²) in [5, 5.41) is 13.0. The van der Waals surface area contributed by atoms with Crippen molar-refractivity contribution in [3.8, 4) is 17.3 Å². The van der Waals surface area contributed by atoms with E-state index in [-0.39, 0.29) is 40.1 Å². The van der Waals surface area contributed by atoms with Gasteiger partial charge in [0, 0.05) is 43.0 Å². The highest BCUT2D eigenvalue weighted by Crippen LogP contribution is 2.34. The molecule has 0 unspecified atom stereocenters. The molecule has 1 aromatic carbocycles. The van der Waals surface area contributed by atoms with Crippen LogP contribution in [0.4, 0.5) is 19.1 Å². The van der Waals surface area contributed by atoms with E-state index in [0.29, 0.717) is 25.2 Å². The van der Waals surface area contributed by atoms with E-state index in [0.717, 1.165) is 30.7 Å². The van der Waals surface area contributed by atoms with Crippen LogP contribution in [0.25, 0.3) is 22.3 Å². The second kappa shape index (κ2) is 10.7. The van der Waals surface area contributed by atoms with Gasteiger partial charge in [-0.05, 0) is 30.4 Å². The molecule has 1 amide bonds. The van der Waals surface area contributed by atoms with E-state index in [4.69, 9.17) is 5.73 Å². The number of likely N-dealkylation sites (tertiary alicyclic amines) is 1. The number of carbonyl (C=O) groups is 1. The molecular weight excluding hydrogens is 509 g/mol. The van der Waals surface area contributed by atoms with E-state index >= 15 is 0 Å². The summed E-state index contributed by atoms with van der Waals surface area (Å²) in [6, 6.07) is 11.6. The number of aromatic nitrogens is 4. The number of carbonyl (C=O) groups excluding carboxylic acids is 1. The lowest BCUT2D eigenvalue weighted by molar-refractivity contribution is -0.137. The molecule has 4 aromatic rings. The maximum atomic E-state index is 13.3. The second-order valence-electron chi connectivity index (χ2n) is 9.43. The van der Waals surface area contributed by atoms with Crippen molar-refractivity contribution in [1.82, 2.24) is 24.8 Å². The molecule has 4 heterocycles. The third kappa shape index (κ3) is 5.53. The van der Waals surface area contributed by atoms with Crippen molar-refractivity contribution >= 4 is 22.9 Å². The fourth-order valence-electron chi connectivity index (χ4n) is 4.70. The van der Waals surface area contributed by atoms with Gasteiger partial charge in [0.25, 0.3) is 0 Å². The molecule has 1 fully saturated rings. The fourth-order valence-corrected chi connectivity index (χ4v) is 4.70. The maximum Gasteiger partial charge on any atom is 0.417 e. The van der Waals surface area contributed by atoms with Crippen LogP contribution in [0.15, 0.2) is 55.0 Å². The Hall–Kier alpha value is -4.50. The van der Waals surface area contributed by atoms with E-state index in [1.807, 2.05) is 36.4 Å². The highest BCUT2D eigenvalue weighted by molar-refractivity contribution is 5.94. The smallest absolute Gasteiger partial charge is 0.354 e. The van der Waals surface area contributed by atoms with Gasteiger partial charge in [0.15, 0.2) is 0 Å². The number of rotatable bonds is 6. The predicted molar refractivity (Wildman–Crippen MR) is 138 cm³/mol. The number of benzene rings is 1. The van der Waals surface area contributed by atoms with Crippen molar-refractivity contribution in [3.63, 3.8) is 0 Å². The molecular formula is C27H25F3N8O. The summed E-state index contributed by atoms with van der Waals surface area (Å²) in [6.07, 6.45) is 0.553. The number of nitrogens with one attached hydrogen (secondary N) is 2. The monoisotopic (exact) mass is 534 g/mol. The summed E-state index contributed by atoms with van der Waals surface area (Å²) in [5.74, 6) is 0.397. The molecule has 1 atom stereocenters. The molecule has 4 N–H and O–H groups in total. The molecule has 9 nitrogen and oxygen atoms in total. The Morgan fingerprint density at radius 2 is 1.95 bits per heavy atom. The number of alkyl halides is 3. The Bertz CT molecular complexity index is 1520. The molecule has 3 aromatic heterocycles. The van der Waals surface area contributed by atoms with E-state index in [1.54, 1.807) is 4.90 Å². The molecule has 0 saturated carbocycles. The molecule has 39 heavy (non-hydrogen) atoms. The summed E-state index contributed by atoms with van der Waals surface area (Å²) in [6.45, 7) is 1.69. The minimum atomic E-state index is -4.56. The Labute approximate surface area is 221 Å². The highest BCUT2D eigenvalue weighted by atomic mass is 19.4. The maximum absolute atomic E-state index is 13.3. The Balaban J connectivity index is 1.26. The van der Waals surface area contributed by atoms with Gasteiger partial charge in [0.2, 0.25) is 11.9 Å². The number of piperidine rings is 1. The van der Waals surface area contributed by atoms with Gasteiger partial charge in [-0.2, -0.15) is 18.4 Å². The summed E-state index contributed by atoms with van der Waals surface area (Å²) >= 11 is 0. The van der Waals surface area contributed by atoms with Crippen LogP contribution in [0.5, 0.6) is 0 Å². The largest absolute Gasteiger partial charge is 0.417 e. The Kier molecular flexibility index (Phi) is 7.17. The Morgan fingerprint density at radius 3 is 2.64 bits per heavy atom. The van der Waals surface area contributed by atoms with Gasteiger partial charge < -0.3 is 20.9 Å². The van der Waals surface area contributed by atoms with E-state index in [9.17, 15) is 23.2 Å². The Morgan fingerprint density at radius 1 is 1.21 bits per heavy atom. The lowest BCUT2D eigenvalue weighted by atomic mass is 9.95. The van der Waals surface area contributed by atoms with Gasteiger partial charge in [-0.1, -0.05) is 30.3 Å². The molecule has 1 aliphatic rings. The lowest BCUT2D eigenvalue weighted by Crippen LogP contribution is -2.44. The minimum Gasteiger partial charge on any atom is -0.354 e. The van der Waals surface area contributed by atoms with Crippen LogP contribution in [0.2, 0.25) is 0 Å². The molecule has 0 bridgehead atoms. The van der Waals surface area contributed by atoms with Gasteiger partial charge in [-0.25, -0.2) is 15.0 Å². The van der Waals surface area contributed by atoms with Crippen LogP contribution in [0.1, 0.15) is 35.6 Å². The van der Waals surface area contributed by atoms with E-state index in [2.05, 4.69) is 25.3 Å². The number of aromatic amines is 1. The van der Waals surface area contributed by atoms with Crippen molar-refractivity contribution in [2.45, 2.75) is 25.1 Å². The van der Waals surface area contributed by atoms with Crippen molar-refractivity contribution in [1.29, 1.82) is 5.26 Å². The third-order valence-corrected chi connectivity index (χ3v) is 6.92.